The average molecular weight is 327 g/mol. The summed E-state index contributed by atoms with van der Waals surface area (Å²) in [6.45, 7) is 5.11. The van der Waals surface area contributed by atoms with Crippen molar-refractivity contribution in [2.24, 2.45) is 17.8 Å². The molecule has 2 aliphatic heterocycles. The molecule has 2 unspecified atom stereocenters. The van der Waals surface area contributed by atoms with Crippen molar-refractivity contribution < 1.29 is 4.79 Å². The van der Waals surface area contributed by atoms with Crippen molar-refractivity contribution in [3.05, 3.63) is 30.1 Å². The molecule has 4 heteroatoms. The molecule has 1 aromatic rings. The second kappa shape index (κ2) is 7.22. The molecule has 2 saturated heterocycles. The Labute approximate surface area is 145 Å². The van der Waals surface area contributed by atoms with Gasteiger partial charge >= 0.3 is 0 Å². The second-order valence-corrected chi connectivity index (χ2v) is 7.96. The Hall–Kier alpha value is -1.42. The molecule has 24 heavy (non-hydrogen) atoms. The molecule has 130 valence electrons. The lowest BCUT2D eigenvalue weighted by Crippen LogP contribution is -2.41. The van der Waals surface area contributed by atoms with E-state index in [4.69, 9.17) is 0 Å². The summed E-state index contributed by atoms with van der Waals surface area (Å²) in [5.74, 6) is 2.31. The molecule has 0 radical (unpaired) electrons. The molecule has 0 spiro atoms. The zero-order chi connectivity index (χ0) is 16.4. The minimum Gasteiger partial charge on any atom is -0.342 e. The fourth-order valence-electron chi connectivity index (χ4n) is 4.93. The molecular formula is C20H29N3O. The summed E-state index contributed by atoms with van der Waals surface area (Å²) in [6.07, 6.45) is 11.2. The molecule has 1 aromatic heterocycles. The normalized spacial score (nSPS) is 28.8. The topological polar surface area (TPSA) is 36.4 Å². The SMILES string of the molecule is O=C(C1CCN(Cc2cccnc2)CC1)N1CC2CCCCC2C1. The summed E-state index contributed by atoms with van der Waals surface area (Å²) < 4.78 is 0. The zero-order valence-electron chi connectivity index (χ0n) is 14.6. The maximum Gasteiger partial charge on any atom is 0.225 e. The average Bonchev–Trinajstić information content (AvgIpc) is 3.07. The van der Waals surface area contributed by atoms with Crippen LogP contribution in [-0.4, -0.2) is 46.9 Å². The maximum absolute atomic E-state index is 12.9. The molecule has 0 bridgehead atoms. The first-order valence-corrected chi connectivity index (χ1v) is 9.69. The van der Waals surface area contributed by atoms with E-state index in [-0.39, 0.29) is 5.92 Å². The van der Waals surface area contributed by atoms with Gasteiger partial charge in [0.1, 0.15) is 0 Å². The number of hydrogen-bond donors (Lipinski definition) is 0. The van der Waals surface area contributed by atoms with Gasteiger partial charge in [0.15, 0.2) is 0 Å². The highest BCUT2D eigenvalue weighted by molar-refractivity contribution is 5.79. The van der Waals surface area contributed by atoms with Gasteiger partial charge < -0.3 is 4.90 Å². The first-order chi connectivity index (χ1) is 11.8. The third-order valence-corrected chi connectivity index (χ3v) is 6.35. The first-order valence-electron chi connectivity index (χ1n) is 9.69. The van der Waals surface area contributed by atoms with Gasteiger partial charge in [-0.15, -0.1) is 0 Å². The van der Waals surface area contributed by atoms with Crippen molar-refractivity contribution in [1.29, 1.82) is 0 Å². The maximum atomic E-state index is 12.9. The minimum absolute atomic E-state index is 0.260. The van der Waals surface area contributed by atoms with Crippen molar-refractivity contribution in [3.8, 4) is 0 Å². The number of fused-ring (bicyclic) bond motifs is 1. The molecule has 4 nitrogen and oxygen atoms in total. The number of pyridine rings is 1. The second-order valence-electron chi connectivity index (χ2n) is 7.96. The van der Waals surface area contributed by atoms with Crippen LogP contribution in [0.2, 0.25) is 0 Å². The quantitative estimate of drug-likeness (QED) is 0.856. The monoisotopic (exact) mass is 327 g/mol. The third kappa shape index (κ3) is 3.49. The van der Waals surface area contributed by atoms with Crippen LogP contribution in [0.3, 0.4) is 0 Å². The first kappa shape index (κ1) is 16.1. The van der Waals surface area contributed by atoms with Crippen LogP contribution in [0.15, 0.2) is 24.5 Å². The highest BCUT2D eigenvalue weighted by Crippen LogP contribution is 2.37. The number of carbonyl (C=O) groups excluding carboxylic acids is 1. The standard InChI is InChI=1S/C20H29N3O/c24-20(23-14-18-5-1-2-6-19(18)15-23)17-7-10-22(11-8-17)13-16-4-3-9-21-12-16/h3-4,9,12,17-19H,1-2,5-8,10-11,13-15H2. The molecule has 2 atom stereocenters. The minimum atomic E-state index is 0.260. The van der Waals surface area contributed by atoms with Crippen molar-refractivity contribution in [1.82, 2.24) is 14.8 Å². The molecule has 3 aliphatic rings. The lowest BCUT2D eigenvalue weighted by atomic mass is 9.82. The summed E-state index contributed by atoms with van der Waals surface area (Å²) in [5, 5.41) is 0. The van der Waals surface area contributed by atoms with Gasteiger partial charge in [0, 0.05) is 37.9 Å². The summed E-state index contributed by atoms with van der Waals surface area (Å²) in [7, 11) is 0. The number of piperidine rings is 1. The third-order valence-electron chi connectivity index (χ3n) is 6.35. The van der Waals surface area contributed by atoms with E-state index in [1.807, 2.05) is 18.5 Å². The van der Waals surface area contributed by atoms with Crippen LogP contribution >= 0.6 is 0 Å². The van der Waals surface area contributed by atoms with E-state index < -0.39 is 0 Å². The lowest BCUT2D eigenvalue weighted by molar-refractivity contribution is -0.136. The molecule has 4 rings (SSSR count). The highest BCUT2D eigenvalue weighted by Gasteiger charge is 2.38. The Kier molecular flexibility index (Phi) is 4.83. The number of amides is 1. The fraction of sp³-hybridized carbons (Fsp3) is 0.700. The Morgan fingerprint density at radius 3 is 2.42 bits per heavy atom. The Balaban J connectivity index is 1.27. The van der Waals surface area contributed by atoms with Gasteiger partial charge in [-0.25, -0.2) is 0 Å². The molecule has 1 aliphatic carbocycles. The van der Waals surface area contributed by atoms with Gasteiger partial charge in [-0.3, -0.25) is 14.7 Å². The lowest BCUT2D eigenvalue weighted by Gasteiger charge is -2.33. The Morgan fingerprint density at radius 1 is 1.08 bits per heavy atom. The number of nitrogens with zero attached hydrogens (tertiary/aromatic N) is 3. The van der Waals surface area contributed by atoms with Gasteiger partial charge in [0.2, 0.25) is 5.91 Å². The number of likely N-dealkylation sites (tertiary alicyclic amines) is 2. The predicted octanol–water partition coefficient (Wildman–Crippen LogP) is 2.94. The number of carbonyl (C=O) groups is 1. The van der Waals surface area contributed by atoms with E-state index in [0.29, 0.717) is 5.91 Å². The zero-order valence-corrected chi connectivity index (χ0v) is 14.6. The number of rotatable bonds is 3. The van der Waals surface area contributed by atoms with Crippen molar-refractivity contribution in [2.45, 2.75) is 45.1 Å². The van der Waals surface area contributed by atoms with E-state index in [0.717, 1.165) is 57.4 Å². The van der Waals surface area contributed by atoms with Crippen LogP contribution in [0.1, 0.15) is 44.1 Å². The van der Waals surface area contributed by atoms with Gasteiger partial charge in [-0.05, 0) is 62.2 Å². The van der Waals surface area contributed by atoms with Gasteiger partial charge in [0.25, 0.3) is 0 Å². The van der Waals surface area contributed by atoms with Crippen LogP contribution < -0.4 is 0 Å². The smallest absolute Gasteiger partial charge is 0.225 e. The molecule has 0 N–H and O–H groups in total. The molecular weight excluding hydrogens is 298 g/mol. The molecule has 0 aromatic carbocycles. The van der Waals surface area contributed by atoms with Gasteiger partial charge in [-0.1, -0.05) is 18.9 Å². The fourth-order valence-corrected chi connectivity index (χ4v) is 4.93. The number of aromatic nitrogens is 1. The Morgan fingerprint density at radius 2 is 1.79 bits per heavy atom. The summed E-state index contributed by atoms with van der Waals surface area (Å²) in [4.78, 5) is 21.8. The van der Waals surface area contributed by atoms with Crippen LogP contribution in [0, 0.1) is 17.8 Å². The van der Waals surface area contributed by atoms with Crippen LogP contribution in [0.4, 0.5) is 0 Å². The molecule has 1 amide bonds. The van der Waals surface area contributed by atoms with Crippen molar-refractivity contribution in [3.63, 3.8) is 0 Å². The van der Waals surface area contributed by atoms with Crippen LogP contribution in [0.25, 0.3) is 0 Å². The summed E-state index contributed by atoms with van der Waals surface area (Å²) in [6, 6.07) is 4.13. The summed E-state index contributed by atoms with van der Waals surface area (Å²) in [5.41, 5.74) is 1.27. The van der Waals surface area contributed by atoms with E-state index in [9.17, 15) is 4.79 Å². The van der Waals surface area contributed by atoms with Crippen LogP contribution in [0.5, 0.6) is 0 Å². The van der Waals surface area contributed by atoms with Crippen molar-refractivity contribution in [2.75, 3.05) is 26.2 Å². The molecule has 3 heterocycles. The summed E-state index contributed by atoms with van der Waals surface area (Å²) >= 11 is 0. The van der Waals surface area contributed by atoms with Gasteiger partial charge in [-0.2, -0.15) is 0 Å². The largest absolute Gasteiger partial charge is 0.342 e. The molecule has 3 fully saturated rings. The highest BCUT2D eigenvalue weighted by atomic mass is 16.2. The van der Waals surface area contributed by atoms with E-state index in [1.165, 1.54) is 31.2 Å². The predicted molar refractivity (Wildman–Crippen MR) is 94.3 cm³/mol. The molecule has 1 saturated carbocycles. The van der Waals surface area contributed by atoms with E-state index in [2.05, 4.69) is 20.9 Å². The van der Waals surface area contributed by atoms with Crippen LogP contribution in [-0.2, 0) is 11.3 Å². The van der Waals surface area contributed by atoms with E-state index >= 15 is 0 Å². The Bertz CT molecular complexity index is 539. The number of hydrogen-bond acceptors (Lipinski definition) is 3. The van der Waals surface area contributed by atoms with E-state index in [1.54, 1.807) is 0 Å². The van der Waals surface area contributed by atoms with Gasteiger partial charge in [0.05, 0.1) is 0 Å². The van der Waals surface area contributed by atoms with Crippen molar-refractivity contribution >= 4 is 5.91 Å².